The van der Waals surface area contributed by atoms with Gasteiger partial charge >= 0.3 is 0 Å². The van der Waals surface area contributed by atoms with Gasteiger partial charge in [0.15, 0.2) is 5.65 Å². The van der Waals surface area contributed by atoms with Gasteiger partial charge in [0, 0.05) is 6.20 Å². The summed E-state index contributed by atoms with van der Waals surface area (Å²) in [6.45, 7) is 3.87. The Balaban J connectivity index is 2.37. The normalized spacial score (nSPS) is 12.3. The van der Waals surface area contributed by atoms with E-state index >= 15 is 0 Å². The van der Waals surface area contributed by atoms with Crippen LogP contribution in [0.4, 0.5) is 0 Å². The lowest BCUT2D eigenvalue weighted by Crippen LogP contribution is -2.03. The lowest BCUT2D eigenvalue weighted by Gasteiger charge is -2.10. The van der Waals surface area contributed by atoms with Gasteiger partial charge < -0.3 is 0 Å². The molecule has 104 valence electrons. The SMILES string of the molecule is Cc1ccnc2c1nc(C(C)Cl)n2-c1cccc(C#N)c1. The first-order valence-corrected chi connectivity index (χ1v) is 7.04. The highest BCUT2D eigenvalue weighted by molar-refractivity contribution is 6.20. The van der Waals surface area contributed by atoms with Crippen molar-refractivity contribution >= 4 is 22.8 Å². The van der Waals surface area contributed by atoms with Crippen LogP contribution >= 0.6 is 11.6 Å². The van der Waals surface area contributed by atoms with E-state index in [1.807, 2.05) is 42.7 Å². The molecule has 0 saturated heterocycles. The van der Waals surface area contributed by atoms with Gasteiger partial charge in [0.2, 0.25) is 0 Å². The molecule has 0 fully saturated rings. The standard InChI is InChI=1S/C16H13ClN4/c1-10-6-7-19-16-14(10)20-15(11(2)17)21(16)13-5-3-4-12(8-13)9-18/h3-8,11H,1-2H3. The first-order chi connectivity index (χ1) is 10.1. The number of aryl methyl sites for hydroxylation is 1. The van der Waals surface area contributed by atoms with Crippen LogP contribution in [0.15, 0.2) is 36.5 Å². The molecule has 0 radical (unpaired) electrons. The molecule has 21 heavy (non-hydrogen) atoms. The molecule has 1 aromatic carbocycles. The smallest absolute Gasteiger partial charge is 0.164 e. The van der Waals surface area contributed by atoms with E-state index in [9.17, 15) is 0 Å². The molecule has 2 aromatic heterocycles. The minimum atomic E-state index is -0.260. The fraction of sp³-hybridized carbons (Fsp3) is 0.188. The van der Waals surface area contributed by atoms with E-state index in [1.165, 1.54) is 0 Å². The predicted molar refractivity (Wildman–Crippen MR) is 82.6 cm³/mol. The van der Waals surface area contributed by atoms with E-state index in [1.54, 1.807) is 12.3 Å². The number of aromatic nitrogens is 3. The summed E-state index contributed by atoms with van der Waals surface area (Å²) < 4.78 is 1.92. The van der Waals surface area contributed by atoms with E-state index in [4.69, 9.17) is 16.9 Å². The zero-order valence-corrected chi connectivity index (χ0v) is 12.5. The largest absolute Gasteiger partial charge is 0.279 e. The van der Waals surface area contributed by atoms with Crippen molar-refractivity contribution < 1.29 is 0 Å². The van der Waals surface area contributed by atoms with E-state index in [0.29, 0.717) is 5.56 Å². The van der Waals surface area contributed by atoms with Crippen molar-refractivity contribution in [2.75, 3.05) is 0 Å². The van der Waals surface area contributed by atoms with Gasteiger partial charge in [-0.15, -0.1) is 11.6 Å². The quantitative estimate of drug-likeness (QED) is 0.674. The number of alkyl halides is 1. The zero-order chi connectivity index (χ0) is 15.0. The lowest BCUT2D eigenvalue weighted by atomic mass is 10.2. The van der Waals surface area contributed by atoms with E-state index in [-0.39, 0.29) is 5.38 Å². The Bertz CT molecular complexity index is 858. The second-order valence-corrected chi connectivity index (χ2v) is 5.54. The average molecular weight is 297 g/mol. The van der Waals surface area contributed by atoms with Crippen molar-refractivity contribution in [1.82, 2.24) is 14.5 Å². The predicted octanol–water partition coefficient (Wildman–Crippen LogP) is 3.90. The Morgan fingerprint density at radius 1 is 1.33 bits per heavy atom. The molecule has 4 nitrogen and oxygen atoms in total. The number of benzene rings is 1. The summed E-state index contributed by atoms with van der Waals surface area (Å²) in [4.78, 5) is 9.07. The molecule has 5 heteroatoms. The molecule has 0 saturated carbocycles. The van der Waals surface area contributed by atoms with Gasteiger partial charge in [-0.2, -0.15) is 5.26 Å². The number of imidazole rings is 1. The summed E-state index contributed by atoms with van der Waals surface area (Å²) >= 11 is 6.28. The number of rotatable bonds is 2. The molecule has 1 unspecified atom stereocenters. The fourth-order valence-electron chi connectivity index (χ4n) is 2.35. The topological polar surface area (TPSA) is 54.5 Å². The average Bonchev–Trinajstić information content (AvgIpc) is 2.88. The van der Waals surface area contributed by atoms with Crippen LogP contribution in [0.3, 0.4) is 0 Å². The van der Waals surface area contributed by atoms with Gasteiger partial charge in [0.1, 0.15) is 11.3 Å². The minimum Gasteiger partial charge on any atom is -0.279 e. The Hall–Kier alpha value is -2.38. The van der Waals surface area contributed by atoms with Crippen LogP contribution in [0.2, 0.25) is 0 Å². The molecular weight excluding hydrogens is 284 g/mol. The molecule has 1 atom stereocenters. The molecule has 0 amide bonds. The third-order valence-corrected chi connectivity index (χ3v) is 3.56. The van der Waals surface area contributed by atoms with Crippen molar-refractivity contribution in [1.29, 1.82) is 5.26 Å². The molecule has 0 spiro atoms. The molecule has 0 aliphatic carbocycles. The third-order valence-electron chi connectivity index (χ3n) is 3.36. The molecule has 0 N–H and O–H groups in total. The van der Waals surface area contributed by atoms with Gasteiger partial charge in [-0.05, 0) is 43.7 Å². The summed E-state index contributed by atoms with van der Waals surface area (Å²) in [5, 5.41) is 8.82. The molecule has 2 heterocycles. The number of fused-ring (bicyclic) bond motifs is 1. The van der Waals surface area contributed by atoms with Crippen molar-refractivity contribution in [2.45, 2.75) is 19.2 Å². The van der Waals surface area contributed by atoms with Crippen LogP contribution < -0.4 is 0 Å². The van der Waals surface area contributed by atoms with Crippen LogP contribution in [0.1, 0.15) is 29.3 Å². The molecular formula is C16H13ClN4. The first kappa shape index (κ1) is 13.6. The van der Waals surface area contributed by atoms with Crippen LogP contribution in [-0.2, 0) is 0 Å². The second-order valence-electron chi connectivity index (χ2n) is 4.88. The Labute approximate surface area is 127 Å². The number of hydrogen-bond donors (Lipinski definition) is 0. The van der Waals surface area contributed by atoms with E-state index in [0.717, 1.165) is 28.2 Å². The number of nitrogens with zero attached hydrogens (tertiary/aromatic N) is 4. The van der Waals surface area contributed by atoms with Crippen LogP contribution in [-0.4, -0.2) is 14.5 Å². The second kappa shape index (κ2) is 5.19. The maximum atomic E-state index is 9.08. The molecule has 0 aliphatic heterocycles. The molecule has 3 aromatic rings. The Morgan fingerprint density at radius 3 is 2.86 bits per heavy atom. The Morgan fingerprint density at radius 2 is 2.14 bits per heavy atom. The van der Waals surface area contributed by atoms with Crippen molar-refractivity contribution in [3.05, 3.63) is 53.5 Å². The van der Waals surface area contributed by atoms with Gasteiger partial charge in [-0.25, -0.2) is 9.97 Å². The number of hydrogen-bond acceptors (Lipinski definition) is 3. The number of nitriles is 1. The Kier molecular flexibility index (Phi) is 3.36. The summed E-state index contributed by atoms with van der Waals surface area (Å²) in [5.74, 6) is 0.726. The van der Waals surface area contributed by atoms with Gasteiger partial charge in [0.05, 0.1) is 22.7 Å². The maximum absolute atomic E-state index is 9.08. The molecule has 3 rings (SSSR count). The maximum Gasteiger partial charge on any atom is 0.164 e. The van der Waals surface area contributed by atoms with E-state index in [2.05, 4.69) is 16.0 Å². The highest BCUT2D eigenvalue weighted by atomic mass is 35.5. The van der Waals surface area contributed by atoms with Gasteiger partial charge in [-0.3, -0.25) is 4.57 Å². The number of halogens is 1. The summed E-state index contributed by atoms with van der Waals surface area (Å²) in [6.07, 6.45) is 1.76. The molecule has 0 bridgehead atoms. The third kappa shape index (κ3) is 2.26. The summed E-state index contributed by atoms with van der Waals surface area (Å²) in [6, 6.07) is 11.4. The zero-order valence-electron chi connectivity index (χ0n) is 11.7. The summed E-state index contributed by atoms with van der Waals surface area (Å²) in [7, 11) is 0. The molecule has 0 aliphatic rings. The van der Waals surface area contributed by atoms with Gasteiger partial charge in [0.25, 0.3) is 0 Å². The van der Waals surface area contributed by atoms with Crippen LogP contribution in [0, 0.1) is 18.3 Å². The highest BCUT2D eigenvalue weighted by Crippen LogP contribution is 2.28. The fourth-order valence-corrected chi connectivity index (χ4v) is 2.49. The highest BCUT2D eigenvalue weighted by Gasteiger charge is 2.18. The van der Waals surface area contributed by atoms with Gasteiger partial charge in [-0.1, -0.05) is 6.07 Å². The minimum absolute atomic E-state index is 0.260. The number of pyridine rings is 1. The van der Waals surface area contributed by atoms with E-state index < -0.39 is 0 Å². The van der Waals surface area contributed by atoms with Crippen LogP contribution in [0.25, 0.3) is 16.9 Å². The lowest BCUT2D eigenvalue weighted by molar-refractivity contribution is 0.876. The van der Waals surface area contributed by atoms with Crippen molar-refractivity contribution in [3.63, 3.8) is 0 Å². The van der Waals surface area contributed by atoms with Crippen LogP contribution in [0.5, 0.6) is 0 Å². The van der Waals surface area contributed by atoms with Crippen molar-refractivity contribution in [3.8, 4) is 11.8 Å². The van der Waals surface area contributed by atoms with Crippen molar-refractivity contribution in [2.24, 2.45) is 0 Å². The first-order valence-electron chi connectivity index (χ1n) is 6.60. The summed E-state index contributed by atoms with van der Waals surface area (Å²) in [5.41, 5.74) is 4.08. The monoisotopic (exact) mass is 296 g/mol.